The van der Waals surface area contributed by atoms with Crippen molar-refractivity contribution in [2.75, 3.05) is 26.8 Å². The number of nitrogens with zero attached hydrogens (tertiary/aromatic N) is 1. The van der Waals surface area contributed by atoms with Crippen molar-refractivity contribution < 1.29 is 9.84 Å². The Hall–Kier alpha value is -1.10. The second-order valence-corrected chi connectivity index (χ2v) is 5.09. The fourth-order valence-corrected chi connectivity index (χ4v) is 2.92. The first-order valence-corrected chi connectivity index (χ1v) is 7.00. The number of rotatable bonds is 5. The number of hydrogen-bond donors (Lipinski definition) is 2. The van der Waals surface area contributed by atoms with Crippen LogP contribution in [0.3, 0.4) is 0 Å². The molecule has 1 aliphatic rings. The van der Waals surface area contributed by atoms with Gasteiger partial charge in [-0.1, -0.05) is 18.6 Å². The summed E-state index contributed by atoms with van der Waals surface area (Å²) in [5, 5.41) is 9.53. The van der Waals surface area contributed by atoms with Crippen LogP contribution in [-0.4, -0.2) is 42.9 Å². The number of nitrogens with two attached hydrogens (primary N) is 1. The molecule has 1 aromatic rings. The van der Waals surface area contributed by atoms with Crippen LogP contribution in [0.5, 0.6) is 5.75 Å². The second kappa shape index (κ2) is 6.89. The number of ether oxygens (including phenoxy) is 1. The third-order valence-electron chi connectivity index (χ3n) is 4.01. The first-order chi connectivity index (χ1) is 9.30. The lowest BCUT2D eigenvalue weighted by Gasteiger charge is -2.40. The Morgan fingerprint density at radius 3 is 2.68 bits per heavy atom. The Kier molecular flexibility index (Phi) is 5.19. The number of likely N-dealkylation sites (tertiary alicyclic amines) is 1. The molecule has 0 bridgehead atoms. The van der Waals surface area contributed by atoms with Crippen molar-refractivity contribution in [2.24, 2.45) is 5.73 Å². The third-order valence-corrected chi connectivity index (χ3v) is 4.01. The summed E-state index contributed by atoms with van der Waals surface area (Å²) in [7, 11) is 1.67. The maximum atomic E-state index is 9.53. The van der Waals surface area contributed by atoms with Gasteiger partial charge in [0, 0.05) is 18.6 Å². The minimum absolute atomic E-state index is 0.184. The van der Waals surface area contributed by atoms with E-state index in [9.17, 15) is 5.11 Å². The van der Waals surface area contributed by atoms with E-state index in [1.54, 1.807) is 7.11 Å². The first kappa shape index (κ1) is 14.3. The smallest absolute Gasteiger partial charge is 0.118 e. The van der Waals surface area contributed by atoms with Gasteiger partial charge in [-0.2, -0.15) is 0 Å². The predicted octanol–water partition coefficient (Wildman–Crippen LogP) is 1.54. The quantitative estimate of drug-likeness (QED) is 0.847. The highest BCUT2D eigenvalue weighted by molar-refractivity contribution is 5.29. The average Bonchev–Trinajstić information content (AvgIpc) is 2.49. The molecule has 0 aliphatic carbocycles. The lowest BCUT2D eigenvalue weighted by molar-refractivity contribution is 0.0552. The lowest BCUT2D eigenvalue weighted by Crippen LogP contribution is -2.46. The van der Waals surface area contributed by atoms with E-state index in [-0.39, 0.29) is 18.7 Å². The molecular weight excluding hydrogens is 240 g/mol. The molecule has 1 fully saturated rings. The monoisotopic (exact) mass is 264 g/mol. The fourth-order valence-electron chi connectivity index (χ4n) is 2.92. The molecular formula is C15H24N2O2. The Morgan fingerprint density at radius 2 is 2.11 bits per heavy atom. The van der Waals surface area contributed by atoms with Gasteiger partial charge in [-0.3, -0.25) is 4.90 Å². The number of methoxy groups -OCH3 is 1. The van der Waals surface area contributed by atoms with Crippen LogP contribution in [-0.2, 0) is 0 Å². The Bertz CT molecular complexity index is 380. The number of hydrogen-bond acceptors (Lipinski definition) is 4. The van der Waals surface area contributed by atoms with Gasteiger partial charge >= 0.3 is 0 Å². The molecule has 1 heterocycles. The van der Waals surface area contributed by atoms with Gasteiger partial charge in [0.2, 0.25) is 0 Å². The van der Waals surface area contributed by atoms with Crippen molar-refractivity contribution in [3.63, 3.8) is 0 Å². The molecule has 0 saturated carbocycles. The van der Waals surface area contributed by atoms with Crippen LogP contribution in [0.15, 0.2) is 24.3 Å². The molecule has 2 unspecified atom stereocenters. The van der Waals surface area contributed by atoms with Crippen LogP contribution in [0.25, 0.3) is 0 Å². The van der Waals surface area contributed by atoms with Gasteiger partial charge in [0.1, 0.15) is 5.75 Å². The molecule has 0 aromatic heterocycles. The summed E-state index contributed by atoms with van der Waals surface area (Å²) in [6.45, 7) is 1.80. The van der Waals surface area contributed by atoms with Crippen molar-refractivity contribution in [1.82, 2.24) is 4.90 Å². The Morgan fingerprint density at radius 1 is 1.37 bits per heavy atom. The summed E-state index contributed by atoms with van der Waals surface area (Å²) in [6, 6.07) is 8.50. The topological polar surface area (TPSA) is 58.7 Å². The number of aliphatic hydroxyl groups excluding tert-OH is 1. The largest absolute Gasteiger partial charge is 0.497 e. The molecule has 4 heteroatoms. The molecule has 0 radical (unpaired) electrons. The van der Waals surface area contributed by atoms with E-state index in [1.165, 1.54) is 18.4 Å². The van der Waals surface area contributed by atoms with E-state index in [2.05, 4.69) is 17.0 Å². The number of aliphatic hydroxyl groups is 1. The second-order valence-electron chi connectivity index (χ2n) is 5.09. The molecule has 0 amide bonds. The fraction of sp³-hybridized carbons (Fsp3) is 0.600. The van der Waals surface area contributed by atoms with Crippen molar-refractivity contribution >= 4 is 0 Å². The molecule has 3 N–H and O–H groups in total. The minimum atomic E-state index is 0.184. The lowest BCUT2D eigenvalue weighted by atomic mass is 9.96. The van der Waals surface area contributed by atoms with Crippen LogP contribution in [0.4, 0.5) is 0 Å². The summed E-state index contributed by atoms with van der Waals surface area (Å²) < 4.78 is 5.19. The highest BCUT2D eigenvalue weighted by atomic mass is 16.5. The zero-order valence-corrected chi connectivity index (χ0v) is 11.6. The molecule has 1 saturated heterocycles. The third kappa shape index (κ3) is 3.26. The van der Waals surface area contributed by atoms with E-state index in [1.807, 2.05) is 12.1 Å². The zero-order valence-electron chi connectivity index (χ0n) is 11.6. The summed E-state index contributed by atoms with van der Waals surface area (Å²) in [4.78, 5) is 2.35. The summed E-state index contributed by atoms with van der Waals surface area (Å²) in [5.41, 5.74) is 7.17. The molecule has 1 aliphatic heterocycles. The maximum Gasteiger partial charge on any atom is 0.118 e. The molecule has 2 atom stereocenters. The summed E-state index contributed by atoms with van der Waals surface area (Å²) in [6.07, 6.45) is 3.44. The highest BCUT2D eigenvalue weighted by Gasteiger charge is 2.28. The van der Waals surface area contributed by atoms with E-state index in [0.717, 1.165) is 18.7 Å². The van der Waals surface area contributed by atoms with Crippen LogP contribution in [0, 0.1) is 0 Å². The van der Waals surface area contributed by atoms with Gasteiger partial charge in [-0.15, -0.1) is 0 Å². The average molecular weight is 264 g/mol. The minimum Gasteiger partial charge on any atom is -0.497 e. The summed E-state index contributed by atoms with van der Waals surface area (Å²) in [5.74, 6) is 0.858. The van der Waals surface area contributed by atoms with Crippen LogP contribution in [0.1, 0.15) is 30.9 Å². The molecule has 2 rings (SSSR count). The van der Waals surface area contributed by atoms with Crippen LogP contribution < -0.4 is 10.5 Å². The van der Waals surface area contributed by atoms with Gasteiger partial charge in [0.05, 0.1) is 13.7 Å². The van der Waals surface area contributed by atoms with Gasteiger partial charge in [-0.25, -0.2) is 0 Å². The van der Waals surface area contributed by atoms with Crippen LogP contribution in [0.2, 0.25) is 0 Å². The van der Waals surface area contributed by atoms with Crippen molar-refractivity contribution in [3.8, 4) is 5.75 Å². The van der Waals surface area contributed by atoms with Gasteiger partial charge in [-0.05, 0) is 37.1 Å². The van der Waals surface area contributed by atoms with E-state index in [0.29, 0.717) is 6.54 Å². The van der Waals surface area contributed by atoms with E-state index in [4.69, 9.17) is 10.5 Å². The van der Waals surface area contributed by atoms with Gasteiger partial charge < -0.3 is 15.6 Å². The van der Waals surface area contributed by atoms with Crippen molar-refractivity contribution in [1.29, 1.82) is 0 Å². The standard InChI is InChI=1S/C15H24N2O2/c1-19-14-7-5-12(6-8-14)15(10-16)17-9-3-2-4-13(17)11-18/h5-8,13,15,18H,2-4,9-11,16H2,1H3. The Balaban J connectivity index is 2.17. The van der Waals surface area contributed by atoms with E-state index >= 15 is 0 Å². The van der Waals surface area contributed by atoms with E-state index < -0.39 is 0 Å². The normalized spacial score (nSPS) is 22.2. The van der Waals surface area contributed by atoms with Crippen molar-refractivity contribution in [3.05, 3.63) is 29.8 Å². The predicted molar refractivity (Wildman–Crippen MR) is 76.2 cm³/mol. The SMILES string of the molecule is COc1ccc(C(CN)N2CCCCC2CO)cc1. The maximum absolute atomic E-state index is 9.53. The zero-order chi connectivity index (χ0) is 13.7. The van der Waals surface area contributed by atoms with Gasteiger partial charge in [0.25, 0.3) is 0 Å². The molecule has 19 heavy (non-hydrogen) atoms. The number of piperidine rings is 1. The molecule has 0 spiro atoms. The van der Waals surface area contributed by atoms with Gasteiger partial charge in [0.15, 0.2) is 0 Å². The molecule has 4 nitrogen and oxygen atoms in total. The molecule has 1 aromatic carbocycles. The first-order valence-electron chi connectivity index (χ1n) is 7.00. The number of benzene rings is 1. The summed E-state index contributed by atoms with van der Waals surface area (Å²) >= 11 is 0. The Labute approximate surface area is 115 Å². The van der Waals surface area contributed by atoms with Crippen molar-refractivity contribution in [2.45, 2.75) is 31.3 Å². The highest BCUT2D eigenvalue weighted by Crippen LogP contribution is 2.28. The van der Waals surface area contributed by atoms with Crippen LogP contribution >= 0.6 is 0 Å². The molecule has 106 valence electrons.